The highest BCUT2D eigenvalue weighted by Gasteiger charge is 2.47. The average molecular weight is 815 g/mol. The number of fused-ring (bicyclic) bond motifs is 4. The second kappa shape index (κ2) is 16.4. The number of hydrogen-bond acceptors (Lipinski definition) is 12. The van der Waals surface area contributed by atoms with Crippen LogP contribution in [0.4, 0.5) is 24.4 Å². The molecule has 0 saturated carbocycles. The molecule has 7 rings (SSSR count). The molecule has 3 aliphatic rings. The number of halogens is 3. The standard InChI is InChI=1S/C39H46ClF2N7O6S/c1-39(2,3)55-38(52)49-21-7-8-22(49)19-48(18-21)36-25-16-27(40)31(24-9-10-28(41)34-30(24)26(17-43)35(44)56-34)32(42)33(25)45-37(46-36)54-20-23-6-4-12-47(23)13-5-14-53-15-11-29(50)51/h9-10,16,21-23,29,50-51H,4-8,11-15,18-20,44H2,1-3H3/p+1/t21?,22?,23-/m0/s1. The molecule has 0 radical (unpaired) electrons. The van der Waals surface area contributed by atoms with Gasteiger partial charge in [0.15, 0.2) is 17.6 Å². The number of hydrogen-bond donors (Lipinski definition) is 3. The molecule has 13 nitrogen and oxygen atoms in total. The Morgan fingerprint density at radius 2 is 1.95 bits per heavy atom. The van der Waals surface area contributed by atoms with Crippen LogP contribution in [0, 0.1) is 23.0 Å². The number of aromatic nitrogens is 2. The number of thiophene rings is 1. The van der Waals surface area contributed by atoms with Crippen molar-refractivity contribution >= 4 is 60.8 Å². The number of nitrogens with two attached hydrogens (primary N) is 1. The number of nitrogen functional groups attached to an aromatic ring is 1. The molecule has 56 heavy (non-hydrogen) atoms. The number of nitriles is 1. The number of rotatable bonds is 12. The zero-order valence-electron chi connectivity index (χ0n) is 31.6. The van der Waals surface area contributed by atoms with Gasteiger partial charge in [0.2, 0.25) is 5.82 Å². The van der Waals surface area contributed by atoms with E-state index in [2.05, 4.69) is 19.8 Å². The number of nitrogens with one attached hydrogen (secondary N) is 1. The van der Waals surface area contributed by atoms with Gasteiger partial charge >= 0.3 is 12.1 Å². The highest BCUT2D eigenvalue weighted by atomic mass is 35.5. The van der Waals surface area contributed by atoms with Crippen LogP contribution in [-0.4, -0.2) is 107 Å². The van der Waals surface area contributed by atoms with Crippen LogP contribution in [0.5, 0.6) is 6.01 Å². The average Bonchev–Trinajstić information content (AvgIpc) is 3.81. The maximum atomic E-state index is 17.2. The Kier molecular flexibility index (Phi) is 11.7. The van der Waals surface area contributed by atoms with Crippen molar-refractivity contribution in [3.8, 4) is 23.2 Å². The molecule has 3 aliphatic heterocycles. The summed E-state index contributed by atoms with van der Waals surface area (Å²) < 4.78 is 50.0. The Labute approximate surface area is 332 Å². The Bertz CT molecular complexity index is 2150. The van der Waals surface area contributed by atoms with Crippen molar-refractivity contribution < 1.29 is 43.0 Å². The molecule has 5 N–H and O–H groups in total. The lowest BCUT2D eigenvalue weighted by atomic mass is 9.97. The van der Waals surface area contributed by atoms with Crippen LogP contribution in [-0.2, 0) is 9.47 Å². The second-order valence-electron chi connectivity index (χ2n) is 15.6. The molecule has 2 bridgehead atoms. The third-order valence-corrected chi connectivity index (χ3v) is 12.0. The monoisotopic (exact) mass is 814 g/mol. The summed E-state index contributed by atoms with van der Waals surface area (Å²) in [5.74, 6) is -0.811. The summed E-state index contributed by atoms with van der Waals surface area (Å²) in [7, 11) is 0. The number of piperazine rings is 1. The number of benzene rings is 2. The third-order valence-electron chi connectivity index (χ3n) is 10.7. The summed E-state index contributed by atoms with van der Waals surface area (Å²) in [6, 6.07) is 6.16. The molecule has 3 saturated heterocycles. The number of ether oxygens (including phenoxy) is 3. The fourth-order valence-corrected chi connectivity index (χ4v) is 9.43. The van der Waals surface area contributed by atoms with E-state index in [1.54, 1.807) is 6.07 Å². The third kappa shape index (κ3) is 8.16. The topological polar surface area (TPSA) is 172 Å². The summed E-state index contributed by atoms with van der Waals surface area (Å²) in [6.07, 6.45) is 2.61. The fraction of sp³-hybridized carbons (Fsp3) is 0.538. The van der Waals surface area contributed by atoms with Gasteiger partial charge in [0.25, 0.3) is 0 Å². The maximum Gasteiger partial charge on any atom is 0.432 e. The molecule has 0 spiro atoms. The molecule has 1 amide bonds. The van der Waals surface area contributed by atoms with E-state index >= 15 is 8.78 Å². The number of aromatic amines is 1. The molecule has 3 fully saturated rings. The molecule has 2 aromatic heterocycles. The van der Waals surface area contributed by atoms with E-state index in [1.807, 2.05) is 31.7 Å². The summed E-state index contributed by atoms with van der Waals surface area (Å²) in [5.41, 5.74) is 5.66. The van der Waals surface area contributed by atoms with Gasteiger partial charge in [-0.2, -0.15) is 5.26 Å². The molecule has 5 heterocycles. The molecule has 3 atom stereocenters. The van der Waals surface area contributed by atoms with E-state index < -0.39 is 23.5 Å². The Hall–Kier alpha value is -4.11. The van der Waals surface area contributed by atoms with Gasteiger partial charge < -0.3 is 30.2 Å². The predicted octanol–water partition coefficient (Wildman–Crippen LogP) is 5.85. The van der Waals surface area contributed by atoms with Gasteiger partial charge in [-0.1, -0.05) is 22.7 Å². The van der Waals surface area contributed by atoms with E-state index in [1.165, 1.54) is 12.1 Å². The van der Waals surface area contributed by atoms with Crippen LogP contribution >= 0.6 is 22.9 Å². The zero-order chi connectivity index (χ0) is 39.9. The van der Waals surface area contributed by atoms with Gasteiger partial charge in [0.1, 0.15) is 29.1 Å². The van der Waals surface area contributed by atoms with Gasteiger partial charge in [-0.3, -0.25) is 14.7 Å². The van der Waals surface area contributed by atoms with Gasteiger partial charge in [0, 0.05) is 36.6 Å². The molecular formula is C39H47ClF2N7O6S+. The number of aliphatic hydroxyl groups is 2. The molecule has 2 unspecified atom stereocenters. The first-order valence-corrected chi connectivity index (χ1v) is 20.2. The van der Waals surface area contributed by atoms with Crippen LogP contribution in [0.2, 0.25) is 5.02 Å². The van der Waals surface area contributed by atoms with Crippen molar-refractivity contribution in [3.63, 3.8) is 0 Å². The number of likely N-dealkylation sites (tertiary alicyclic amines) is 1. The lowest BCUT2D eigenvalue weighted by Crippen LogP contribution is -2.57. The molecule has 2 aromatic carbocycles. The SMILES string of the molecule is CC(C)(C)OC(=O)N1C2CCC1CN(c1[nH+]c(OC[C@@H]3CCCN3CCCOCCC(O)O)nc3c(F)c(-c4ccc(F)c5sc(N)c(C#N)c45)c(Cl)cc13)C2. The van der Waals surface area contributed by atoms with Crippen molar-refractivity contribution in [3.05, 3.63) is 40.4 Å². The van der Waals surface area contributed by atoms with E-state index in [-0.39, 0.29) is 92.2 Å². The van der Waals surface area contributed by atoms with Gasteiger partial charge in [0.05, 0.1) is 52.5 Å². The highest BCUT2D eigenvalue weighted by molar-refractivity contribution is 7.23. The molecule has 4 aromatic rings. The number of aliphatic hydroxyl groups excluding tert-OH is 1. The zero-order valence-corrected chi connectivity index (χ0v) is 33.2. The first-order valence-electron chi connectivity index (χ1n) is 19.0. The molecule has 300 valence electrons. The number of anilines is 2. The van der Waals surface area contributed by atoms with E-state index in [4.69, 9.17) is 41.8 Å². The first kappa shape index (κ1) is 40.1. The number of H-pyrrole nitrogens is 1. The Balaban J connectivity index is 1.23. The minimum atomic E-state index is -1.39. The van der Waals surface area contributed by atoms with Gasteiger partial charge in [-0.05, 0) is 77.1 Å². The van der Waals surface area contributed by atoms with Crippen molar-refractivity contribution in [2.75, 3.05) is 56.6 Å². The van der Waals surface area contributed by atoms with Crippen molar-refractivity contribution in [1.82, 2.24) is 14.8 Å². The largest absolute Gasteiger partial charge is 0.444 e. The predicted molar refractivity (Wildman–Crippen MR) is 209 cm³/mol. The summed E-state index contributed by atoms with van der Waals surface area (Å²) in [4.78, 5) is 27.5. The summed E-state index contributed by atoms with van der Waals surface area (Å²) >= 11 is 7.86. The van der Waals surface area contributed by atoms with Crippen LogP contribution in [0.25, 0.3) is 32.1 Å². The number of carbonyl (C=O) groups excluding carboxylic acids is 1. The lowest BCUT2D eigenvalue weighted by Gasteiger charge is -2.39. The maximum absolute atomic E-state index is 17.2. The van der Waals surface area contributed by atoms with Gasteiger partial charge in [-0.25, -0.2) is 18.6 Å². The number of nitrogens with zero attached hydrogens (tertiary/aromatic N) is 5. The van der Waals surface area contributed by atoms with Crippen LogP contribution in [0.1, 0.15) is 64.9 Å². The second-order valence-corrected chi connectivity index (χ2v) is 17.1. The molecule has 0 aliphatic carbocycles. The summed E-state index contributed by atoms with van der Waals surface area (Å²) in [6.45, 7) is 9.10. The Morgan fingerprint density at radius 1 is 1.20 bits per heavy atom. The van der Waals surface area contributed by atoms with Gasteiger partial charge in [-0.15, -0.1) is 11.3 Å². The minimum absolute atomic E-state index is 0.0253. The van der Waals surface area contributed by atoms with Crippen LogP contribution < -0.4 is 20.4 Å². The fourth-order valence-electron chi connectivity index (χ4n) is 8.18. The number of amides is 1. The van der Waals surface area contributed by atoms with Crippen LogP contribution in [0.3, 0.4) is 0 Å². The minimum Gasteiger partial charge on any atom is -0.444 e. The van der Waals surface area contributed by atoms with Crippen LogP contribution in [0.15, 0.2) is 18.2 Å². The van der Waals surface area contributed by atoms with E-state index in [0.717, 1.165) is 56.5 Å². The van der Waals surface area contributed by atoms with E-state index in [0.29, 0.717) is 30.9 Å². The smallest absolute Gasteiger partial charge is 0.432 e. The normalized spacial score (nSPS) is 20.1. The van der Waals surface area contributed by atoms with Crippen molar-refractivity contribution in [1.29, 1.82) is 5.26 Å². The lowest BCUT2D eigenvalue weighted by molar-refractivity contribution is -0.385. The van der Waals surface area contributed by atoms with Crippen molar-refractivity contribution in [2.24, 2.45) is 0 Å². The molecular weight excluding hydrogens is 768 g/mol. The van der Waals surface area contributed by atoms with Crippen molar-refractivity contribution in [2.45, 2.75) is 89.3 Å². The molecule has 17 heteroatoms. The quantitative estimate of drug-likeness (QED) is 0.116. The summed E-state index contributed by atoms with van der Waals surface area (Å²) in [5, 5.41) is 28.8. The number of carbonyl (C=O) groups is 1. The van der Waals surface area contributed by atoms with E-state index in [9.17, 15) is 10.1 Å². The first-order chi connectivity index (χ1) is 26.7. The Morgan fingerprint density at radius 3 is 2.64 bits per heavy atom. The highest BCUT2D eigenvalue weighted by Crippen LogP contribution is 2.46.